The zero-order chi connectivity index (χ0) is 13.8. The summed E-state index contributed by atoms with van der Waals surface area (Å²) in [5, 5.41) is 16.9. The van der Waals surface area contributed by atoms with Gasteiger partial charge in [0.2, 0.25) is 11.8 Å². The average Bonchev–Trinajstić information content (AvgIpc) is 2.15. The molecule has 0 saturated carbocycles. The van der Waals surface area contributed by atoms with E-state index in [0.717, 1.165) is 12.1 Å². The van der Waals surface area contributed by atoms with Crippen LogP contribution in [-0.4, -0.2) is 18.0 Å². The minimum absolute atomic E-state index is 1.02. The highest BCUT2D eigenvalue weighted by Crippen LogP contribution is 2.37. The fourth-order valence-electron chi connectivity index (χ4n) is 1.21. The van der Waals surface area contributed by atoms with E-state index in [0.29, 0.717) is 0 Å². The van der Waals surface area contributed by atoms with Crippen LogP contribution in [0.4, 0.5) is 13.2 Å². The smallest absolute Gasteiger partial charge is 0.369 e. The molecule has 0 heterocycles. The summed E-state index contributed by atoms with van der Waals surface area (Å²) < 4.78 is 37.8. The zero-order valence-corrected chi connectivity index (χ0v) is 8.23. The molecule has 0 aromatic carbocycles. The lowest BCUT2D eigenvalue weighted by molar-refractivity contribution is -0.196. The Morgan fingerprint density at radius 3 is 1.41 bits per heavy atom. The third-order valence-corrected chi connectivity index (χ3v) is 1.99. The Morgan fingerprint density at radius 1 is 1.00 bits per heavy atom. The van der Waals surface area contributed by atoms with E-state index in [-0.39, 0.29) is 0 Å². The molecule has 92 valence electrons. The van der Waals surface area contributed by atoms with E-state index in [2.05, 4.69) is 11.5 Å². The van der Waals surface area contributed by atoms with Crippen molar-refractivity contribution < 1.29 is 22.8 Å². The lowest BCUT2D eigenvalue weighted by Crippen LogP contribution is -2.45. The SMILES string of the molecule is N#CC(C(N)=O)C(C(C#N)C(N)=O)C(F)(F)F. The molecule has 2 unspecified atom stereocenters. The first kappa shape index (κ1) is 14.7. The summed E-state index contributed by atoms with van der Waals surface area (Å²) >= 11 is 0. The molecule has 0 bridgehead atoms. The molecule has 2 atom stereocenters. The highest BCUT2D eigenvalue weighted by molar-refractivity contribution is 5.84. The lowest BCUT2D eigenvalue weighted by atomic mass is 9.81. The highest BCUT2D eigenvalue weighted by Gasteiger charge is 2.53. The maximum atomic E-state index is 12.6. The van der Waals surface area contributed by atoms with Crippen LogP contribution in [0.25, 0.3) is 0 Å². The molecule has 6 nitrogen and oxygen atoms in total. The van der Waals surface area contributed by atoms with Gasteiger partial charge in [-0.25, -0.2) is 0 Å². The Hall–Kier alpha value is -2.29. The number of nitriles is 2. The number of carbonyl (C=O) groups excluding carboxylic acids is 2. The number of nitrogens with zero attached hydrogens (tertiary/aromatic N) is 2. The van der Waals surface area contributed by atoms with Crippen LogP contribution in [0, 0.1) is 40.4 Å². The summed E-state index contributed by atoms with van der Waals surface area (Å²) in [6.07, 6.45) is -5.12. The van der Waals surface area contributed by atoms with Crippen molar-refractivity contribution in [2.45, 2.75) is 6.18 Å². The minimum Gasteiger partial charge on any atom is -0.369 e. The van der Waals surface area contributed by atoms with Crippen LogP contribution in [-0.2, 0) is 9.59 Å². The van der Waals surface area contributed by atoms with Crippen molar-refractivity contribution in [1.29, 1.82) is 10.5 Å². The van der Waals surface area contributed by atoms with Crippen LogP contribution in [0.15, 0.2) is 0 Å². The molecule has 0 saturated heterocycles. The number of halogens is 3. The van der Waals surface area contributed by atoms with Gasteiger partial charge in [0.1, 0.15) is 17.8 Å². The first-order valence-electron chi connectivity index (χ1n) is 4.11. The number of nitrogens with two attached hydrogens (primary N) is 2. The van der Waals surface area contributed by atoms with E-state index < -0.39 is 35.7 Å². The van der Waals surface area contributed by atoms with Gasteiger partial charge in [0.15, 0.2) is 0 Å². The predicted octanol–water partition coefficient (Wildman–Crippen LogP) is -0.585. The molecule has 0 fully saturated rings. The van der Waals surface area contributed by atoms with Crippen LogP contribution in [0.5, 0.6) is 0 Å². The van der Waals surface area contributed by atoms with E-state index in [1.807, 2.05) is 0 Å². The fourth-order valence-corrected chi connectivity index (χ4v) is 1.21. The third-order valence-electron chi connectivity index (χ3n) is 1.99. The normalized spacial score (nSPS) is 16.1. The van der Waals surface area contributed by atoms with Crippen molar-refractivity contribution in [3.8, 4) is 12.1 Å². The fraction of sp³-hybridized carbons (Fsp3) is 0.500. The number of carbonyl (C=O) groups is 2. The van der Waals surface area contributed by atoms with E-state index in [9.17, 15) is 22.8 Å². The molecule has 0 aliphatic heterocycles. The van der Waals surface area contributed by atoms with Crippen LogP contribution >= 0.6 is 0 Å². The van der Waals surface area contributed by atoms with Gasteiger partial charge in [0, 0.05) is 0 Å². The van der Waals surface area contributed by atoms with Crippen LogP contribution < -0.4 is 11.5 Å². The van der Waals surface area contributed by atoms with Crippen molar-refractivity contribution in [2.75, 3.05) is 0 Å². The van der Waals surface area contributed by atoms with Crippen LogP contribution in [0.2, 0.25) is 0 Å². The molecule has 0 aliphatic rings. The number of hydrogen-bond acceptors (Lipinski definition) is 4. The Kier molecular flexibility index (Phi) is 4.47. The number of rotatable bonds is 4. The summed E-state index contributed by atoms with van der Waals surface area (Å²) in [4.78, 5) is 21.4. The van der Waals surface area contributed by atoms with E-state index >= 15 is 0 Å². The maximum absolute atomic E-state index is 12.6. The van der Waals surface area contributed by atoms with Gasteiger partial charge in [0.05, 0.1) is 12.1 Å². The summed E-state index contributed by atoms with van der Waals surface area (Å²) in [5.41, 5.74) is 9.23. The van der Waals surface area contributed by atoms with Crippen LogP contribution in [0.1, 0.15) is 0 Å². The van der Waals surface area contributed by atoms with Gasteiger partial charge in [-0.1, -0.05) is 0 Å². The average molecular weight is 248 g/mol. The lowest BCUT2D eigenvalue weighted by Gasteiger charge is -2.24. The second-order valence-corrected chi connectivity index (χ2v) is 3.09. The first-order chi connectivity index (χ1) is 7.66. The molecule has 17 heavy (non-hydrogen) atoms. The maximum Gasteiger partial charge on any atom is 0.395 e. The van der Waals surface area contributed by atoms with Gasteiger partial charge in [-0.05, 0) is 0 Å². The largest absolute Gasteiger partial charge is 0.395 e. The highest BCUT2D eigenvalue weighted by atomic mass is 19.4. The molecular weight excluding hydrogens is 241 g/mol. The third kappa shape index (κ3) is 3.34. The Morgan fingerprint density at radius 2 is 1.29 bits per heavy atom. The number of hydrogen-bond donors (Lipinski definition) is 2. The van der Waals surface area contributed by atoms with Gasteiger partial charge < -0.3 is 11.5 Å². The van der Waals surface area contributed by atoms with Crippen LogP contribution in [0.3, 0.4) is 0 Å². The topological polar surface area (TPSA) is 134 Å². The quantitative estimate of drug-likeness (QED) is 0.687. The van der Waals surface area contributed by atoms with Gasteiger partial charge in [-0.2, -0.15) is 23.7 Å². The molecule has 0 aliphatic carbocycles. The molecule has 4 N–H and O–H groups in total. The number of primary amides is 2. The second kappa shape index (κ2) is 5.16. The molecule has 0 spiro atoms. The molecule has 0 radical (unpaired) electrons. The van der Waals surface area contributed by atoms with Crippen molar-refractivity contribution in [2.24, 2.45) is 29.2 Å². The first-order valence-corrected chi connectivity index (χ1v) is 4.11. The number of amides is 2. The summed E-state index contributed by atoms with van der Waals surface area (Å²) in [7, 11) is 0. The summed E-state index contributed by atoms with van der Waals surface area (Å²) in [5.74, 6) is -10.7. The Bertz CT molecular complexity index is 374. The minimum atomic E-state index is -5.12. The van der Waals surface area contributed by atoms with E-state index in [1.165, 1.54) is 0 Å². The second-order valence-electron chi connectivity index (χ2n) is 3.09. The molecule has 0 aromatic rings. The zero-order valence-electron chi connectivity index (χ0n) is 8.23. The monoisotopic (exact) mass is 248 g/mol. The number of alkyl halides is 3. The molecular formula is C8H7F3N4O2. The van der Waals surface area contributed by atoms with E-state index in [1.54, 1.807) is 0 Å². The summed E-state index contributed by atoms with van der Waals surface area (Å²) in [6.45, 7) is 0. The van der Waals surface area contributed by atoms with Crippen molar-refractivity contribution >= 4 is 11.8 Å². The Balaban J connectivity index is 5.60. The van der Waals surface area contributed by atoms with Crippen molar-refractivity contribution in [1.82, 2.24) is 0 Å². The molecule has 9 heteroatoms. The van der Waals surface area contributed by atoms with Gasteiger partial charge >= 0.3 is 6.18 Å². The van der Waals surface area contributed by atoms with Gasteiger partial charge in [-0.3, -0.25) is 9.59 Å². The standard InChI is InChI=1S/C8H7F3N4O2/c9-8(10,11)5(3(1-12)6(14)16)4(2-13)7(15)17/h3-5H,(H2,14,16)(H2,15,17). The van der Waals surface area contributed by atoms with Crippen molar-refractivity contribution in [3.05, 3.63) is 0 Å². The molecule has 2 amide bonds. The van der Waals surface area contributed by atoms with Crippen molar-refractivity contribution in [3.63, 3.8) is 0 Å². The predicted molar refractivity (Wildman–Crippen MR) is 46.1 cm³/mol. The Labute approximate surface area is 93.6 Å². The van der Waals surface area contributed by atoms with Gasteiger partial charge in [-0.15, -0.1) is 0 Å². The summed E-state index contributed by atoms with van der Waals surface area (Å²) in [6, 6.07) is 2.05. The van der Waals surface area contributed by atoms with Gasteiger partial charge in [0.25, 0.3) is 0 Å². The molecule has 0 rings (SSSR count). The van der Waals surface area contributed by atoms with E-state index in [4.69, 9.17) is 10.5 Å². The molecule has 0 aromatic heterocycles.